The smallest absolute Gasteiger partial charge is 0.142 e. The minimum absolute atomic E-state index is 0.810. The first kappa shape index (κ1) is 9.47. The number of hydrogen-bond acceptors (Lipinski definition) is 1. The highest BCUT2D eigenvalue weighted by atomic mass is 35.6. The molecule has 56 valence electrons. The fourth-order valence-corrected chi connectivity index (χ4v) is 3.26. The van der Waals surface area contributed by atoms with Crippen LogP contribution >= 0.6 is 11.1 Å². The van der Waals surface area contributed by atoms with Crippen molar-refractivity contribution in [1.82, 2.24) is 5.32 Å². The number of halogens is 1. The van der Waals surface area contributed by atoms with Gasteiger partial charge in [-0.25, -0.2) is 0 Å². The monoisotopic (exact) mass is 165 g/mol. The summed E-state index contributed by atoms with van der Waals surface area (Å²) < 4.78 is 0. The highest BCUT2D eigenvalue weighted by molar-refractivity contribution is 7.06. The molecule has 0 aliphatic heterocycles. The topological polar surface area (TPSA) is 12.0 Å². The van der Waals surface area contributed by atoms with Gasteiger partial charge in [0.15, 0.2) is 0 Å². The van der Waals surface area contributed by atoms with E-state index in [4.69, 9.17) is 11.1 Å². The average Bonchev–Trinajstić information content (AvgIpc) is 1.85. The summed E-state index contributed by atoms with van der Waals surface area (Å²) in [5.74, 6) is 0. The molecule has 9 heavy (non-hydrogen) atoms. The molecule has 0 heterocycles. The van der Waals surface area contributed by atoms with Gasteiger partial charge in [-0.1, -0.05) is 13.3 Å². The Morgan fingerprint density at radius 2 is 2.11 bits per heavy atom. The van der Waals surface area contributed by atoms with Crippen LogP contribution in [-0.2, 0) is 0 Å². The van der Waals surface area contributed by atoms with Gasteiger partial charge in [-0.05, 0) is 25.7 Å². The van der Waals surface area contributed by atoms with E-state index in [0.29, 0.717) is 0 Å². The fraction of sp³-hybridized carbons (Fsp3) is 1.00. The second kappa shape index (κ2) is 6.58. The van der Waals surface area contributed by atoms with Crippen molar-refractivity contribution in [1.29, 1.82) is 0 Å². The fourth-order valence-electron chi connectivity index (χ4n) is 0.759. The molecule has 1 atom stereocenters. The Balaban J connectivity index is 2.95. The predicted molar refractivity (Wildman–Crippen MR) is 46.8 cm³/mol. The molecule has 0 saturated carbocycles. The normalized spacial score (nSPS) is 13.7. The molecule has 0 radical (unpaired) electrons. The van der Waals surface area contributed by atoms with E-state index in [1.165, 1.54) is 18.5 Å². The van der Waals surface area contributed by atoms with Gasteiger partial charge in [-0.3, -0.25) is 0 Å². The van der Waals surface area contributed by atoms with E-state index < -0.39 is 8.11 Å². The molecule has 0 aliphatic carbocycles. The zero-order chi connectivity index (χ0) is 7.11. The first-order chi connectivity index (χ1) is 4.31. The van der Waals surface area contributed by atoms with Crippen molar-refractivity contribution in [2.45, 2.75) is 25.4 Å². The standard InChI is InChI=1S/C6H16ClNSi/c1-3-5-9(7)6-4-8-2/h8-9H,3-6H2,1-2H3. The van der Waals surface area contributed by atoms with E-state index >= 15 is 0 Å². The third-order valence-corrected chi connectivity index (χ3v) is 4.74. The SMILES string of the molecule is CCC[SiH](Cl)CCNC. The lowest BCUT2D eigenvalue weighted by molar-refractivity contribution is 0.853. The second-order valence-electron chi connectivity index (χ2n) is 2.28. The lowest BCUT2D eigenvalue weighted by atomic mass is 10.6. The Bertz CT molecular complexity index is 61.0. The van der Waals surface area contributed by atoms with Crippen LogP contribution in [0.4, 0.5) is 0 Å². The Morgan fingerprint density at radius 1 is 1.44 bits per heavy atom. The van der Waals surface area contributed by atoms with Crippen LogP contribution in [0.15, 0.2) is 0 Å². The number of hydrogen-bond donors (Lipinski definition) is 1. The summed E-state index contributed by atoms with van der Waals surface area (Å²) in [5.41, 5.74) is 0. The minimum Gasteiger partial charge on any atom is -0.320 e. The number of rotatable bonds is 5. The van der Waals surface area contributed by atoms with E-state index in [9.17, 15) is 0 Å². The van der Waals surface area contributed by atoms with Crippen molar-refractivity contribution in [2.75, 3.05) is 13.6 Å². The van der Waals surface area contributed by atoms with Gasteiger partial charge in [-0.2, -0.15) is 11.1 Å². The lowest BCUT2D eigenvalue weighted by Gasteiger charge is -2.03. The number of nitrogens with one attached hydrogen (secondary N) is 1. The largest absolute Gasteiger partial charge is 0.320 e. The molecule has 0 rings (SSSR count). The van der Waals surface area contributed by atoms with Gasteiger partial charge in [0.05, 0.1) is 0 Å². The van der Waals surface area contributed by atoms with Gasteiger partial charge in [0.1, 0.15) is 8.11 Å². The van der Waals surface area contributed by atoms with Gasteiger partial charge in [0.25, 0.3) is 0 Å². The quantitative estimate of drug-likeness (QED) is 0.482. The van der Waals surface area contributed by atoms with Gasteiger partial charge < -0.3 is 5.32 Å². The molecule has 1 nitrogen and oxygen atoms in total. The van der Waals surface area contributed by atoms with E-state index in [1.54, 1.807) is 0 Å². The first-order valence-electron chi connectivity index (χ1n) is 3.60. The maximum Gasteiger partial charge on any atom is 0.142 e. The lowest BCUT2D eigenvalue weighted by Crippen LogP contribution is -2.14. The third-order valence-electron chi connectivity index (χ3n) is 1.31. The summed E-state index contributed by atoms with van der Waals surface area (Å²) in [5, 5.41) is 3.11. The van der Waals surface area contributed by atoms with E-state index in [2.05, 4.69) is 12.2 Å². The average molecular weight is 166 g/mol. The highest BCUT2D eigenvalue weighted by Crippen LogP contribution is 2.05. The van der Waals surface area contributed by atoms with Crippen LogP contribution in [0, 0.1) is 0 Å². The van der Waals surface area contributed by atoms with E-state index in [0.717, 1.165) is 6.54 Å². The molecule has 0 saturated heterocycles. The molecule has 3 heteroatoms. The zero-order valence-electron chi connectivity index (χ0n) is 6.28. The molecule has 0 aliphatic rings. The molecule has 0 fully saturated rings. The molecule has 0 spiro atoms. The third kappa shape index (κ3) is 6.35. The van der Waals surface area contributed by atoms with Crippen LogP contribution in [0.25, 0.3) is 0 Å². The molecule has 0 aromatic carbocycles. The predicted octanol–water partition coefficient (Wildman–Crippen LogP) is 1.58. The summed E-state index contributed by atoms with van der Waals surface area (Å²) >= 11 is 6.06. The highest BCUT2D eigenvalue weighted by Gasteiger charge is 2.02. The molecule has 0 aromatic heterocycles. The minimum atomic E-state index is -0.810. The van der Waals surface area contributed by atoms with Crippen molar-refractivity contribution in [2.24, 2.45) is 0 Å². The van der Waals surface area contributed by atoms with Crippen molar-refractivity contribution in [3.05, 3.63) is 0 Å². The molecule has 0 bridgehead atoms. The van der Waals surface area contributed by atoms with E-state index in [1.807, 2.05) is 7.05 Å². The summed E-state index contributed by atoms with van der Waals surface area (Å²) in [6, 6.07) is 2.51. The van der Waals surface area contributed by atoms with Gasteiger partial charge in [-0.15, -0.1) is 0 Å². The summed E-state index contributed by atoms with van der Waals surface area (Å²) in [7, 11) is 1.17. The van der Waals surface area contributed by atoms with Crippen LogP contribution in [0.3, 0.4) is 0 Å². The molecule has 0 aromatic rings. The van der Waals surface area contributed by atoms with Crippen molar-refractivity contribution in [3.63, 3.8) is 0 Å². The second-order valence-corrected chi connectivity index (χ2v) is 6.48. The van der Waals surface area contributed by atoms with Crippen LogP contribution in [0.1, 0.15) is 13.3 Å². The molecule has 1 unspecified atom stereocenters. The Morgan fingerprint density at radius 3 is 2.56 bits per heavy atom. The molecule has 1 N–H and O–H groups in total. The van der Waals surface area contributed by atoms with E-state index in [-0.39, 0.29) is 0 Å². The van der Waals surface area contributed by atoms with Crippen LogP contribution in [-0.4, -0.2) is 21.7 Å². The summed E-state index contributed by atoms with van der Waals surface area (Å²) in [4.78, 5) is 0. The maximum atomic E-state index is 6.06. The molecular formula is C6H16ClNSi. The molecular weight excluding hydrogens is 150 g/mol. The Hall–Kier alpha value is 0.467. The van der Waals surface area contributed by atoms with Crippen molar-refractivity contribution < 1.29 is 0 Å². The van der Waals surface area contributed by atoms with Crippen LogP contribution in [0.2, 0.25) is 12.1 Å². The first-order valence-corrected chi connectivity index (χ1v) is 6.97. The summed E-state index contributed by atoms with van der Waals surface area (Å²) in [6.07, 6.45) is 1.25. The Labute approximate surface area is 64.1 Å². The van der Waals surface area contributed by atoms with Crippen molar-refractivity contribution in [3.8, 4) is 0 Å². The maximum absolute atomic E-state index is 6.06. The van der Waals surface area contributed by atoms with Crippen LogP contribution in [0.5, 0.6) is 0 Å². The van der Waals surface area contributed by atoms with Gasteiger partial charge >= 0.3 is 0 Å². The molecule has 0 amide bonds. The zero-order valence-corrected chi connectivity index (χ0v) is 8.19. The van der Waals surface area contributed by atoms with Gasteiger partial charge in [0, 0.05) is 0 Å². The van der Waals surface area contributed by atoms with Crippen LogP contribution < -0.4 is 5.32 Å². The van der Waals surface area contributed by atoms with Gasteiger partial charge in [0.2, 0.25) is 0 Å². The van der Waals surface area contributed by atoms with Crippen molar-refractivity contribution >= 4 is 19.2 Å². The Kier molecular flexibility index (Phi) is 6.93. The summed E-state index contributed by atoms with van der Waals surface area (Å²) in [6.45, 7) is 3.29.